The van der Waals surface area contributed by atoms with Gasteiger partial charge in [0.1, 0.15) is 18.4 Å². The molecule has 1 N–H and O–H groups in total. The molecule has 134 valence electrons. The van der Waals surface area contributed by atoms with Crippen LogP contribution in [0, 0.1) is 5.92 Å². The van der Waals surface area contributed by atoms with E-state index in [1.807, 2.05) is 51.1 Å². The van der Waals surface area contributed by atoms with Gasteiger partial charge in [-0.1, -0.05) is 51.1 Å². The maximum atomic E-state index is 12.4. The zero-order valence-electron chi connectivity index (χ0n) is 15.0. The summed E-state index contributed by atoms with van der Waals surface area (Å²) in [5, 5.41) is 2.73. The predicted molar refractivity (Wildman–Crippen MR) is 95.0 cm³/mol. The van der Waals surface area contributed by atoms with Crippen molar-refractivity contribution in [1.82, 2.24) is 5.32 Å². The number of carbonyl (C=O) groups is 2. The van der Waals surface area contributed by atoms with Gasteiger partial charge in [-0.05, 0) is 30.0 Å². The van der Waals surface area contributed by atoms with Gasteiger partial charge in [0.05, 0.1) is 0 Å². The van der Waals surface area contributed by atoms with Crippen LogP contribution in [0.1, 0.15) is 49.1 Å². The second-order valence-corrected chi connectivity index (χ2v) is 6.37. The summed E-state index contributed by atoms with van der Waals surface area (Å²) < 4.78 is 10.8. The van der Waals surface area contributed by atoms with Crippen molar-refractivity contribution in [3.63, 3.8) is 0 Å². The Kier molecular flexibility index (Phi) is 6.81. The SMILES string of the molecule is CCc1ccc(C(=O)N[C@@H](CC(C)C)C(=O)OCc2ccccc2)o1. The van der Waals surface area contributed by atoms with E-state index in [2.05, 4.69) is 5.32 Å². The van der Waals surface area contributed by atoms with Gasteiger partial charge in [-0.25, -0.2) is 4.79 Å². The second kappa shape index (κ2) is 9.06. The predicted octanol–water partition coefficient (Wildman–Crippen LogP) is 3.73. The van der Waals surface area contributed by atoms with Gasteiger partial charge in [0.2, 0.25) is 0 Å². The lowest BCUT2D eigenvalue weighted by molar-refractivity contribution is -0.147. The molecule has 1 atom stereocenters. The Morgan fingerprint density at radius 3 is 2.44 bits per heavy atom. The van der Waals surface area contributed by atoms with Gasteiger partial charge in [0.25, 0.3) is 5.91 Å². The van der Waals surface area contributed by atoms with Gasteiger partial charge >= 0.3 is 5.97 Å². The lowest BCUT2D eigenvalue weighted by Crippen LogP contribution is -2.42. The van der Waals surface area contributed by atoms with Crippen LogP contribution in [0.25, 0.3) is 0 Å². The molecule has 0 aliphatic heterocycles. The van der Waals surface area contributed by atoms with Crippen LogP contribution in [-0.2, 0) is 22.6 Å². The van der Waals surface area contributed by atoms with Crippen molar-refractivity contribution in [3.05, 3.63) is 59.5 Å². The summed E-state index contributed by atoms with van der Waals surface area (Å²) in [6.07, 6.45) is 1.21. The Labute approximate surface area is 148 Å². The molecule has 5 nitrogen and oxygen atoms in total. The maximum Gasteiger partial charge on any atom is 0.328 e. The summed E-state index contributed by atoms with van der Waals surface area (Å²) in [4.78, 5) is 24.7. The standard InChI is InChI=1S/C20H25NO4/c1-4-16-10-11-18(25-16)19(22)21-17(12-14(2)3)20(23)24-13-15-8-6-5-7-9-15/h5-11,14,17H,4,12-13H2,1-3H3,(H,21,22)/t17-/m0/s1. The Morgan fingerprint density at radius 1 is 1.12 bits per heavy atom. The van der Waals surface area contributed by atoms with Crippen LogP contribution in [0.2, 0.25) is 0 Å². The van der Waals surface area contributed by atoms with Crippen molar-refractivity contribution in [1.29, 1.82) is 0 Å². The highest BCUT2D eigenvalue weighted by molar-refractivity contribution is 5.94. The lowest BCUT2D eigenvalue weighted by Gasteiger charge is -2.19. The molecule has 0 fully saturated rings. The molecule has 0 aliphatic rings. The molecule has 2 rings (SSSR count). The van der Waals surface area contributed by atoms with Crippen molar-refractivity contribution in [2.45, 2.75) is 46.3 Å². The Hall–Kier alpha value is -2.56. The fourth-order valence-corrected chi connectivity index (χ4v) is 2.43. The largest absolute Gasteiger partial charge is 0.459 e. The molecular formula is C20H25NO4. The Balaban J connectivity index is 1.99. The number of ether oxygens (including phenoxy) is 1. The summed E-state index contributed by atoms with van der Waals surface area (Å²) in [6.45, 7) is 6.12. The van der Waals surface area contributed by atoms with E-state index >= 15 is 0 Å². The third-order valence-corrected chi connectivity index (χ3v) is 3.75. The molecule has 1 aromatic heterocycles. The van der Waals surface area contributed by atoms with Gasteiger partial charge in [-0.3, -0.25) is 4.79 Å². The Bertz CT molecular complexity index is 691. The van der Waals surface area contributed by atoms with Crippen LogP contribution < -0.4 is 5.32 Å². The highest BCUT2D eigenvalue weighted by Gasteiger charge is 2.25. The molecule has 5 heteroatoms. The summed E-state index contributed by atoms with van der Waals surface area (Å²) in [6, 6.07) is 12.1. The van der Waals surface area contributed by atoms with Crippen LogP contribution in [0.15, 0.2) is 46.9 Å². The molecule has 1 amide bonds. The molecule has 0 bridgehead atoms. The van der Waals surface area contributed by atoms with Crippen molar-refractivity contribution in [2.75, 3.05) is 0 Å². The first-order chi connectivity index (χ1) is 12.0. The quantitative estimate of drug-likeness (QED) is 0.742. The molecule has 2 aromatic rings. The van der Waals surface area contributed by atoms with Gasteiger partial charge in [-0.2, -0.15) is 0 Å². The first-order valence-electron chi connectivity index (χ1n) is 8.59. The number of furan rings is 1. The van der Waals surface area contributed by atoms with Gasteiger partial charge in [0, 0.05) is 6.42 Å². The number of rotatable bonds is 8. The Morgan fingerprint density at radius 2 is 1.84 bits per heavy atom. The molecule has 0 radical (unpaired) electrons. The van der Waals surface area contributed by atoms with E-state index in [1.54, 1.807) is 12.1 Å². The van der Waals surface area contributed by atoms with Crippen LogP contribution in [0.4, 0.5) is 0 Å². The summed E-state index contributed by atoms with van der Waals surface area (Å²) in [5.41, 5.74) is 0.907. The van der Waals surface area contributed by atoms with E-state index in [0.717, 1.165) is 11.3 Å². The van der Waals surface area contributed by atoms with E-state index in [1.165, 1.54) is 0 Å². The van der Waals surface area contributed by atoms with E-state index in [0.29, 0.717) is 12.8 Å². The van der Waals surface area contributed by atoms with Crippen LogP contribution in [-0.4, -0.2) is 17.9 Å². The minimum absolute atomic E-state index is 0.185. The first-order valence-corrected chi connectivity index (χ1v) is 8.59. The molecule has 1 heterocycles. The third kappa shape index (κ3) is 5.78. The molecule has 25 heavy (non-hydrogen) atoms. The van der Waals surface area contributed by atoms with E-state index in [4.69, 9.17) is 9.15 Å². The van der Waals surface area contributed by atoms with E-state index in [-0.39, 0.29) is 18.3 Å². The molecule has 0 saturated carbocycles. The van der Waals surface area contributed by atoms with Crippen molar-refractivity contribution < 1.29 is 18.7 Å². The van der Waals surface area contributed by atoms with Gasteiger partial charge < -0.3 is 14.5 Å². The van der Waals surface area contributed by atoms with E-state index < -0.39 is 17.9 Å². The summed E-state index contributed by atoms with van der Waals surface area (Å²) >= 11 is 0. The summed E-state index contributed by atoms with van der Waals surface area (Å²) in [5.74, 6) is 0.339. The zero-order valence-corrected chi connectivity index (χ0v) is 15.0. The average Bonchev–Trinajstić information content (AvgIpc) is 3.09. The van der Waals surface area contributed by atoms with Gasteiger partial charge in [-0.15, -0.1) is 0 Å². The highest BCUT2D eigenvalue weighted by atomic mass is 16.5. The molecule has 0 aliphatic carbocycles. The second-order valence-electron chi connectivity index (χ2n) is 6.37. The maximum absolute atomic E-state index is 12.4. The number of esters is 1. The topological polar surface area (TPSA) is 68.5 Å². The number of nitrogens with one attached hydrogen (secondary N) is 1. The van der Waals surface area contributed by atoms with Crippen molar-refractivity contribution in [3.8, 4) is 0 Å². The number of benzene rings is 1. The van der Waals surface area contributed by atoms with Crippen molar-refractivity contribution in [2.24, 2.45) is 5.92 Å². The molecule has 1 aromatic carbocycles. The van der Waals surface area contributed by atoms with Crippen LogP contribution in [0.5, 0.6) is 0 Å². The monoisotopic (exact) mass is 343 g/mol. The van der Waals surface area contributed by atoms with E-state index in [9.17, 15) is 9.59 Å². The number of hydrogen-bond acceptors (Lipinski definition) is 4. The number of aryl methyl sites for hydroxylation is 1. The smallest absolute Gasteiger partial charge is 0.328 e. The fraction of sp³-hybridized carbons (Fsp3) is 0.400. The normalized spacial score (nSPS) is 12.0. The number of hydrogen-bond donors (Lipinski definition) is 1. The minimum Gasteiger partial charge on any atom is -0.459 e. The minimum atomic E-state index is -0.702. The third-order valence-electron chi connectivity index (χ3n) is 3.75. The highest BCUT2D eigenvalue weighted by Crippen LogP contribution is 2.12. The lowest BCUT2D eigenvalue weighted by atomic mass is 10.0. The molecule has 0 saturated heterocycles. The number of amides is 1. The van der Waals surface area contributed by atoms with Crippen molar-refractivity contribution >= 4 is 11.9 Å². The van der Waals surface area contributed by atoms with Crippen LogP contribution >= 0.6 is 0 Å². The summed E-state index contributed by atoms with van der Waals surface area (Å²) in [7, 11) is 0. The number of carbonyl (C=O) groups excluding carboxylic acids is 2. The molecule has 0 unspecified atom stereocenters. The molecule has 0 spiro atoms. The fourth-order valence-electron chi connectivity index (χ4n) is 2.43. The molecular weight excluding hydrogens is 318 g/mol. The zero-order chi connectivity index (χ0) is 18.2. The van der Waals surface area contributed by atoms with Gasteiger partial charge in [0.15, 0.2) is 5.76 Å². The van der Waals surface area contributed by atoms with Crippen LogP contribution in [0.3, 0.4) is 0 Å². The first kappa shape index (κ1) is 18.8. The average molecular weight is 343 g/mol.